The first-order valence-corrected chi connectivity index (χ1v) is 18.4. The molecule has 9 rings (SSSR count). The third-order valence-corrected chi connectivity index (χ3v) is 10.2. The molecule has 0 nitrogen and oxygen atoms in total. The first kappa shape index (κ1) is 32.9. The molecule has 9 aromatic carbocycles. The summed E-state index contributed by atoms with van der Waals surface area (Å²) >= 11 is 0. The summed E-state index contributed by atoms with van der Waals surface area (Å²) in [6.45, 7) is 10.4. The van der Waals surface area contributed by atoms with Crippen LogP contribution in [0.1, 0.15) is 32.8 Å². The van der Waals surface area contributed by atoms with E-state index in [2.05, 4.69) is 197 Å². The highest BCUT2D eigenvalue weighted by Gasteiger charge is 2.18. The average molecular weight is 667 g/mol. The van der Waals surface area contributed by atoms with Gasteiger partial charge in [0.15, 0.2) is 0 Å². The van der Waals surface area contributed by atoms with Crippen LogP contribution in [-0.4, -0.2) is 0 Å². The average Bonchev–Trinajstić information content (AvgIpc) is 3.20. The Morgan fingerprint density at radius 3 is 1.58 bits per heavy atom. The molecule has 0 amide bonds. The predicted molar refractivity (Wildman–Crippen MR) is 230 cm³/mol. The molecule has 0 N–H and O–H groups in total. The van der Waals surface area contributed by atoms with Crippen molar-refractivity contribution in [3.8, 4) is 33.4 Å². The van der Waals surface area contributed by atoms with Crippen molar-refractivity contribution in [2.24, 2.45) is 0 Å². The molecule has 0 aliphatic rings. The normalized spacial score (nSPS) is 11.6. The fourth-order valence-electron chi connectivity index (χ4n) is 7.95. The molecular formula is C52H42. The van der Waals surface area contributed by atoms with E-state index in [1.165, 1.54) is 99.2 Å². The molecule has 250 valence electrons. The third-order valence-electron chi connectivity index (χ3n) is 10.2. The maximum absolute atomic E-state index is 4.06. The lowest BCUT2D eigenvalue weighted by Crippen LogP contribution is -1.92. The van der Waals surface area contributed by atoms with Crippen LogP contribution in [-0.2, 0) is 0 Å². The Bertz CT molecular complexity index is 2750. The van der Waals surface area contributed by atoms with Gasteiger partial charge in [-0.25, -0.2) is 0 Å². The number of rotatable bonds is 5. The van der Waals surface area contributed by atoms with Gasteiger partial charge in [-0.15, -0.1) is 0 Å². The molecule has 0 radical (unpaired) electrons. The second-order valence-corrected chi connectivity index (χ2v) is 13.5. The van der Waals surface area contributed by atoms with Crippen molar-refractivity contribution < 1.29 is 0 Å². The molecule has 0 saturated heterocycles. The lowest BCUT2D eigenvalue weighted by atomic mass is 9.84. The van der Waals surface area contributed by atoms with Crippen molar-refractivity contribution in [3.63, 3.8) is 0 Å². The van der Waals surface area contributed by atoms with Gasteiger partial charge in [0.05, 0.1) is 0 Å². The highest BCUT2D eigenvalue weighted by atomic mass is 14.2. The Hall–Kier alpha value is -6.24. The minimum atomic E-state index is 1.14. The molecule has 0 aliphatic heterocycles. The van der Waals surface area contributed by atoms with Crippen LogP contribution in [0.5, 0.6) is 0 Å². The third kappa shape index (κ3) is 5.67. The Morgan fingerprint density at radius 2 is 0.962 bits per heavy atom. The van der Waals surface area contributed by atoms with Crippen molar-refractivity contribution in [2.75, 3.05) is 0 Å². The van der Waals surface area contributed by atoms with Crippen LogP contribution in [0, 0.1) is 0 Å². The largest absolute Gasteiger partial charge is 0.0985 e. The first-order chi connectivity index (χ1) is 25.6. The number of allylic oxidation sites excluding steroid dienone is 3. The SMILES string of the molecule is C=C/C(=C\C)c1cccc(-c2c3ccccc3c(-c3ccc4cc(-c5cccc6ccccc56)c5ccccc5c4c3)c3ccccc23)c1.CCC. The van der Waals surface area contributed by atoms with Crippen LogP contribution in [0.3, 0.4) is 0 Å². The smallest absolute Gasteiger partial charge is 0.00261 e. The second-order valence-electron chi connectivity index (χ2n) is 13.5. The van der Waals surface area contributed by atoms with Gasteiger partial charge in [0.2, 0.25) is 0 Å². The van der Waals surface area contributed by atoms with E-state index >= 15 is 0 Å². The van der Waals surface area contributed by atoms with Crippen molar-refractivity contribution in [3.05, 3.63) is 188 Å². The summed E-state index contributed by atoms with van der Waals surface area (Å²) in [5, 5.41) is 12.6. The quantitative estimate of drug-likeness (QED) is 0.0974. The summed E-state index contributed by atoms with van der Waals surface area (Å²) < 4.78 is 0. The van der Waals surface area contributed by atoms with Crippen LogP contribution in [0.25, 0.3) is 92.8 Å². The van der Waals surface area contributed by atoms with Crippen LogP contribution < -0.4 is 0 Å². The number of fused-ring (bicyclic) bond motifs is 6. The van der Waals surface area contributed by atoms with Crippen LogP contribution in [0.2, 0.25) is 0 Å². The number of hydrogen-bond donors (Lipinski definition) is 0. The molecule has 0 heteroatoms. The lowest BCUT2D eigenvalue weighted by molar-refractivity contribution is 1.09. The molecule has 0 saturated carbocycles. The first-order valence-electron chi connectivity index (χ1n) is 18.4. The summed E-state index contributed by atoms with van der Waals surface area (Å²) in [7, 11) is 0. The van der Waals surface area contributed by atoms with Gasteiger partial charge < -0.3 is 0 Å². The Morgan fingerprint density at radius 1 is 0.442 bits per heavy atom. The van der Waals surface area contributed by atoms with Crippen molar-refractivity contribution in [2.45, 2.75) is 27.2 Å². The molecule has 0 aromatic heterocycles. The molecular weight excluding hydrogens is 625 g/mol. The Balaban J connectivity index is 0.00000125. The fourth-order valence-corrected chi connectivity index (χ4v) is 7.95. The standard InChI is InChI=1S/C49H34.C3H8/c1-3-32(4-2)34-17-13-18-36(29-34)48-42-22-9-11-24-44(42)49(45-25-12-10-23-43(45)48)37-28-27-35-30-47(41-21-8-7-20-40(41)46(35)31-37)39-26-14-16-33-15-5-6-19-38(33)39;1-3-2/h3-31H,1H2,2H3;3H2,1-2H3/b32-4+;. The lowest BCUT2D eigenvalue weighted by Gasteiger charge is -2.19. The maximum atomic E-state index is 4.06. The van der Waals surface area contributed by atoms with E-state index in [-0.39, 0.29) is 0 Å². The van der Waals surface area contributed by atoms with Crippen molar-refractivity contribution in [1.29, 1.82) is 0 Å². The maximum Gasteiger partial charge on any atom is -0.00261 e. The molecule has 0 unspecified atom stereocenters. The second kappa shape index (κ2) is 14.2. The summed E-state index contributed by atoms with van der Waals surface area (Å²) in [5.41, 5.74) is 9.83. The monoisotopic (exact) mass is 666 g/mol. The Kier molecular flexibility index (Phi) is 8.98. The molecule has 9 aromatic rings. The molecule has 0 aliphatic carbocycles. The van der Waals surface area contributed by atoms with Gasteiger partial charge in [-0.05, 0) is 124 Å². The highest BCUT2D eigenvalue weighted by Crippen LogP contribution is 2.46. The van der Waals surface area contributed by atoms with Gasteiger partial charge >= 0.3 is 0 Å². The molecule has 0 bridgehead atoms. The van der Waals surface area contributed by atoms with Gasteiger partial charge in [-0.3, -0.25) is 0 Å². The van der Waals surface area contributed by atoms with Crippen molar-refractivity contribution >= 4 is 59.4 Å². The summed E-state index contributed by atoms with van der Waals surface area (Å²) in [5.74, 6) is 0. The van der Waals surface area contributed by atoms with E-state index in [0.29, 0.717) is 0 Å². The minimum absolute atomic E-state index is 1.14. The van der Waals surface area contributed by atoms with Gasteiger partial charge in [0, 0.05) is 0 Å². The highest BCUT2D eigenvalue weighted by molar-refractivity contribution is 6.23. The van der Waals surface area contributed by atoms with Crippen molar-refractivity contribution in [1.82, 2.24) is 0 Å². The number of benzene rings is 9. The summed E-state index contributed by atoms with van der Waals surface area (Å²) in [6.07, 6.45) is 5.31. The summed E-state index contributed by atoms with van der Waals surface area (Å²) in [6, 6.07) is 60.4. The van der Waals surface area contributed by atoms with E-state index in [0.717, 1.165) is 5.57 Å². The van der Waals surface area contributed by atoms with E-state index < -0.39 is 0 Å². The van der Waals surface area contributed by atoms with E-state index in [1.54, 1.807) is 0 Å². The minimum Gasteiger partial charge on any atom is -0.0985 e. The fraction of sp³-hybridized carbons (Fsp3) is 0.0769. The zero-order valence-corrected chi connectivity index (χ0v) is 30.2. The van der Waals surface area contributed by atoms with Crippen LogP contribution in [0.15, 0.2) is 183 Å². The van der Waals surface area contributed by atoms with Gasteiger partial charge in [-0.2, -0.15) is 0 Å². The zero-order valence-electron chi connectivity index (χ0n) is 30.2. The van der Waals surface area contributed by atoms with E-state index in [9.17, 15) is 0 Å². The van der Waals surface area contributed by atoms with Gasteiger partial charge in [0.25, 0.3) is 0 Å². The summed E-state index contributed by atoms with van der Waals surface area (Å²) in [4.78, 5) is 0. The van der Waals surface area contributed by atoms with Crippen LogP contribution in [0.4, 0.5) is 0 Å². The number of hydrogen-bond acceptors (Lipinski definition) is 0. The van der Waals surface area contributed by atoms with E-state index in [1.807, 2.05) is 6.08 Å². The predicted octanol–water partition coefficient (Wildman–Crippen LogP) is 15.5. The molecule has 0 atom stereocenters. The molecule has 0 spiro atoms. The van der Waals surface area contributed by atoms with Gasteiger partial charge in [0.1, 0.15) is 0 Å². The van der Waals surface area contributed by atoms with Crippen LogP contribution >= 0.6 is 0 Å². The Labute approximate surface area is 307 Å². The molecule has 0 heterocycles. The molecule has 0 fully saturated rings. The van der Waals surface area contributed by atoms with Gasteiger partial charge in [-0.1, -0.05) is 185 Å². The van der Waals surface area contributed by atoms with E-state index in [4.69, 9.17) is 0 Å². The zero-order chi connectivity index (χ0) is 35.6. The topological polar surface area (TPSA) is 0 Å². The molecule has 52 heavy (non-hydrogen) atoms.